The minimum Gasteiger partial charge on any atom is -0.388 e. The maximum Gasteiger partial charge on any atom is 0.242 e. The van der Waals surface area contributed by atoms with Gasteiger partial charge in [-0.25, -0.2) is 0 Å². The number of nitrogens with zero attached hydrogens (tertiary/aromatic N) is 1. The molecule has 1 rings (SSSR count). The summed E-state index contributed by atoms with van der Waals surface area (Å²) in [6, 6.07) is -0.394. The predicted molar refractivity (Wildman–Crippen MR) is 82.7 cm³/mol. The molecule has 0 spiro atoms. The zero-order valence-electron chi connectivity index (χ0n) is 14.0. The second kappa shape index (κ2) is 6.77. The largest absolute Gasteiger partial charge is 0.388 e. The van der Waals surface area contributed by atoms with Crippen molar-refractivity contribution in [2.75, 3.05) is 13.1 Å². The van der Waals surface area contributed by atoms with Crippen molar-refractivity contribution >= 4 is 11.8 Å². The zero-order valence-corrected chi connectivity index (χ0v) is 14.0. The Balaban J connectivity index is 2.67. The Kier molecular flexibility index (Phi) is 5.79. The minimum atomic E-state index is -0.854. The van der Waals surface area contributed by atoms with Crippen molar-refractivity contribution in [3.8, 4) is 0 Å². The Bertz CT molecular complexity index is 383. The summed E-state index contributed by atoms with van der Waals surface area (Å²) in [5.74, 6) is -0.133. The van der Waals surface area contributed by atoms with Gasteiger partial charge in [-0.1, -0.05) is 34.6 Å². The van der Waals surface area contributed by atoms with Crippen LogP contribution in [0.15, 0.2) is 0 Å². The summed E-state index contributed by atoms with van der Waals surface area (Å²) in [5.41, 5.74) is -1.33. The molecule has 1 aliphatic heterocycles. The third-order valence-corrected chi connectivity index (χ3v) is 4.37. The van der Waals surface area contributed by atoms with Gasteiger partial charge in [0.05, 0.1) is 5.60 Å². The highest BCUT2D eigenvalue weighted by Crippen LogP contribution is 2.25. The van der Waals surface area contributed by atoms with Crippen LogP contribution < -0.4 is 5.32 Å². The van der Waals surface area contributed by atoms with E-state index < -0.39 is 17.1 Å². The molecule has 1 unspecified atom stereocenters. The van der Waals surface area contributed by atoms with Crippen LogP contribution in [0.1, 0.15) is 60.3 Å². The van der Waals surface area contributed by atoms with E-state index in [2.05, 4.69) is 5.32 Å². The smallest absolute Gasteiger partial charge is 0.242 e. The molecule has 1 atom stereocenters. The van der Waals surface area contributed by atoms with E-state index in [0.29, 0.717) is 25.8 Å². The lowest BCUT2D eigenvalue weighted by atomic mass is 9.94. The van der Waals surface area contributed by atoms with Crippen LogP contribution in [-0.4, -0.2) is 46.6 Å². The topological polar surface area (TPSA) is 69.6 Å². The number of aliphatic hydroxyl groups is 1. The number of nitrogens with one attached hydrogen (secondary N) is 1. The normalized spacial score (nSPS) is 19.7. The van der Waals surface area contributed by atoms with Crippen LogP contribution in [0.25, 0.3) is 0 Å². The summed E-state index contributed by atoms with van der Waals surface area (Å²) >= 11 is 0. The van der Waals surface area contributed by atoms with Gasteiger partial charge in [-0.3, -0.25) is 9.59 Å². The van der Waals surface area contributed by atoms with E-state index >= 15 is 0 Å². The first-order valence-corrected chi connectivity index (χ1v) is 7.96. The molecule has 2 amide bonds. The van der Waals surface area contributed by atoms with E-state index in [4.69, 9.17) is 0 Å². The molecule has 1 aliphatic rings. The molecular weight excluding hydrogens is 268 g/mol. The fraction of sp³-hybridized carbons (Fsp3) is 0.875. The number of carbonyl (C=O) groups is 2. The molecule has 1 saturated heterocycles. The van der Waals surface area contributed by atoms with Gasteiger partial charge in [0.25, 0.3) is 0 Å². The molecule has 5 heteroatoms. The highest BCUT2D eigenvalue weighted by molar-refractivity contribution is 5.90. The molecule has 122 valence electrons. The lowest BCUT2D eigenvalue weighted by Crippen LogP contribution is -2.52. The average Bonchev–Trinajstić information content (AvgIpc) is 2.91. The van der Waals surface area contributed by atoms with Gasteiger partial charge in [0.1, 0.15) is 6.04 Å². The number of hydrogen-bond acceptors (Lipinski definition) is 3. The van der Waals surface area contributed by atoms with Crippen LogP contribution in [0.3, 0.4) is 0 Å². The Morgan fingerprint density at radius 1 is 1.24 bits per heavy atom. The molecule has 0 radical (unpaired) electrons. The Hall–Kier alpha value is -1.10. The van der Waals surface area contributed by atoms with Crippen LogP contribution in [-0.2, 0) is 9.59 Å². The van der Waals surface area contributed by atoms with Crippen molar-refractivity contribution in [3.05, 3.63) is 0 Å². The van der Waals surface area contributed by atoms with Crippen LogP contribution >= 0.6 is 0 Å². The fourth-order valence-corrected chi connectivity index (χ4v) is 2.58. The molecule has 0 aromatic carbocycles. The molecule has 1 fully saturated rings. The van der Waals surface area contributed by atoms with Crippen molar-refractivity contribution in [3.63, 3.8) is 0 Å². The molecule has 0 aromatic rings. The van der Waals surface area contributed by atoms with Gasteiger partial charge in [-0.15, -0.1) is 0 Å². The van der Waals surface area contributed by atoms with Crippen LogP contribution in [0, 0.1) is 5.41 Å². The van der Waals surface area contributed by atoms with E-state index in [1.54, 1.807) is 4.90 Å². The van der Waals surface area contributed by atoms with E-state index in [1.807, 2.05) is 34.6 Å². The standard InChI is InChI=1S/C16H30N2O3/c1-6-16(21,7-2)11-17-13(19)12-9-8-10-18(12)14(20)15(3,4)5/h12,21H,6-11H2,1-5H3,(H,17,19). The third-order valence-electron chi connectivity index (χ3n) is 4.37. The summed E-state index contributed by atoms with van der Waals surface area (Å²) in [4.78, 5) is 26.4. The highest BCUT2D eigenvalue weighted by atomic mass is 16.3. The highest BCUT2D eigenvalue weighted by Gasteiger charge is 2.38. The van der Waals surface area contributed by atoms with Gasteiger partial charge in [0, 0.05) is 18.5 Å². The fourth-order valence-electron chi connectivity index (χ4n) is 2.58. The van der Waals surface area contributed by atoms with Gasteiger partial charge >= 0.3 is 0 Å². The van der Waals surface area contributed by atoms with Crippen molar-refractivity contribution in [1.82, 2.24) is 10.2 Å². The van der Waals surface area contributed by atoms with Crippen molar-refractivity contribution in [1.29, 1.82) is 0 Å². The third kappa shape index (κ3) is 4.43. The molecule has 21 heavy (non-hydrogen) atoms. The predicted octanol–water partition coefficient (Wildman–Crippen LogP) is 1.69. The quantitative estimate of drug-likeness (QED) is 0.811. The van der Waals surface area contributed by atoms with Gasteiger partial charge in [-0.2, -0.15) is 0 Å². The molecule has 5 nitrogen and oxygen atoms in total. The number of rotatable bonds is 5. The van der Waals surface area contributed by atoms with Crippen LogP contribution in [0.4, 0.5) is 0 Å². The average molecular weight is 298 g/mol. The molecule has 2 N–H and O–H groups in total. The van der Waals surface area contributed by atoms with E-state index in [0.717, 1.165) is 6.42 Å². The molecule has 0 bridgehead atoms. The zero-order chi connectivity index (χ0) is 16.3. The summed E-state index contributed by atoms with van der Waals surface area (Å²) in [6.07, 6.45) is 2.74. The lowest BCUT2D eigenvalue weighted by molar-refractivity contribution is -0.145. The van der Waals surface area contributed by atoms with Crippen LogP contribution in [0.2, 0.25) is 0 Å². The monoisotopic (exact) mass is 298 g/mol. The summed E-state index contributed by atoms with van der Waals surface area (Å²) in [6.45, 7) is 10.3. The van der Waals surface area contributed by atoms with Gasteiger partial charge in [0.15, 0.2) is 0 Å². The lowest BCUT2D eigenvalue weighted by Gasteiger charge is -2.31. The molecular formula is C16H30N2O3. The van der Waals surface area contributed by atoms with Crippen molar-refractivity contribution < 1.29 is 14.7 Å². The number of carbonyl (C=O) groups excluding carboxylic acids is 2. The number of amides is 2. The first-order chi connectivity index (χ1) is 9.64. The molecule has 0 aromatic heterocycles. The van der Waals surface area contributed by atoms with E-state index in [-0.39, 0.29) is 18.4 Å². The Morgan fingerprint density at radius 3 is 2.29 bits per heavy atom. The SMILES string of the molecule is CCC(O)(CC)CNC(=O)C1CCCN1C(=O)C(C)(C)C. The summed E-state index contributed by atoms with van der Waals surface area (Å²) < 4.78 is 0. The number of likely N-dealkylation sites (tertiary alicyclic amines) is 1. The maximum absolute atomic E-state index is 12.4. The molecule has 0 aliphatic carbocycles. The molecule has 0 saturated carbocycles. The second-order valence-electron chi connectivity index (χ2n) is 7.06. The van der Waals surface area contributed by atoms with Crippen molar-refractivity contribution in [2.45, 2.75) is 71.9 Å². The second-order valence-corrected chi connectivity index (χ2v) is 7.06. The summed E-state index contributed by atoms with van der Waals surface area (Å²) in [7, 11) is 0. The molecule has 1 heterocycles. The first-order valence-electron chi connectivity index (χ1n) is 7.96. The van der Waals surface area contributed by atoms with Crippen LogP contribution in [0.5, 0.6) is 0 Å². The van der Waals surface area contributed by atoms with E-state index in [9.17, 15) is 14.7 Å². The number of hydrogen-bond donors (Lipinski definition) is 2. The maximum atomic E-state index is 12.4. The van der Waals surface area contributed by atoms with E-state index in [1.165, 1.54) is 0 Å². The first kappa shape index (κ1) is 18.0. The van der Waals surface area contributed by atoms with Gasteiger partial charge in [0.2, 0.25) is 11.8 Å². The van der Waals surface area contributed by atoms with Gasteiger partial charge in [-0.05, 0) is 25.7 Å². The Labute approximate surface area is 128 Å². The minimum absolute atomic E-state index is 0.0152. The van der Waals surface area contributed by atoms with Gasteiger partial charge < -0.3 is 15.3 Å². The van der Waals surface area contributed by atoms with Crippen molar-refractivity contribution in [2.24, 2.45) is 5.41 Å². The summed E-state index contributed by atoms with van der Waals surface area (Å²) in [5, 5.41) is 13.1. The Morgan fingerprint density at radius 2 is 1.81 bits per heavy atom.